The van der Waals surface area contributed by atoms with Gasteiger partial charge in [0, 0.05) is 0 Å². The number of rotatable bonds is 3. The van der Waals surface area contributed by atoms with Gasteiger partial charge in [-0.25, -0.2) is 13.6 Å². The first kappa shape index (κ1) is 13.5. The van der Waals surface area contributed by atoms with Gasteiger partial charge in [0.1, 0.15) is 11.6 Å². The van der Waals surface area contributed by atoms with Crippen molar-refractivity contribution in [3.63, 3.8) is 0 Å². The predicted octanol–water partition coefficient (Wildman–Crippen LogP) is 4.17. The van der Waals surface area contributed by atoms with E-state index >= 15 is 0 Å². The van der Waals surface area contributed by atoms with Gasteiger partial charge in [0.2, 0.25) is 0 Å². The molecule has 0 aromatic heterocycles. The number of nitrogens with one attached hydrogen (secondary N) is 1. The van der Waals surface area contributed by atoms with Crippen LogP contribution < -0.4 is 5.32 Å². The van der Waals surface area contributed by atoms with E-state index in [1.165, 1.54) is 18.2 Å². The molecule has 2 aromatic carbocycles. The van der Waals surface area contributed by atoms with Crippen LogP contribution in [0.25, 0.3) is 0 Å². The number of hydrogen-bond acceptors (Lipinski definition) is 2. The van der Waals surface area contributed by atoms with Gasteiger partial charge in [0.25, 0.3) is 0 Å². The van der Waals surface area contributed by atoms with Gasteiger partial charge in [-0.05, 0) is 40.2 Å². The highest BCUT2D eigenvalue weighted by Crippen LogP contribution is 2.32. The Morgan fingerprint density at radius 3 is 2.42 bits per heavy atom. The van der Waals surface area contributed by atoms with E-state index < -0.39 is 17.6 Å². The molecule has 98 valence electrons. The van der Waals surface area contributed by atoms with Crippen molar-refractivity contribution < 1.29 is 18.7 Å². The van der Waals surface area contributed by atoms with E-state index in [2.05, 4.69) is 21.2 Å². The van der Waals surface area contributed by atoms with Crippen LogP contribution in [0.2, 0.25) is 0 Å². The summed E-state index contributed by atoms with van der Waals surface area (Å²) in [5.41, 5.74) is -0.120. The van der Waals surface area contributed by atoms with Crippen LogP contribution in [-0.4, -0.2) is 11.1 Å². The molecule has 0 aliphatic heterocycles. The number of para-hydroxylation sites is 1. The second kappa shape index (κ2) is 5.36. The normalized spacial score (nSPS) is 10.3. The largest absolute Gasteiger partial charge is 0.478 e. The highest BCUT2D eigenvalue weighted by Gasteiger charge is 2.17. The number of benzene rings is 2. The predicted molar refractivity (Wildman–Crippen MR) is 70.7 cm³/mol. The van der Waals surface area contributed by atoms with E-state index in [4.69, 9.17) is 5.11 Å². The quantitative estimate of drug-likeness (QED) is 0.889. The fourth-order valence-electron chi connectivity index (χ4n) is 1.55. The summed E-state index contributed by atoms with van der Waals surface area (Å²) >= 11 is 2.96. The topological polar surface area (TPSA) is 49.3 Å². The minimum absolute atomic E-state index is 0.0300. The smallest absolute Gasteiger partial charge is 0.337 e. The summed E-state index contributed by atoms with van der Waals surface area (Å²) in [4.78, 5) is 11.1. The summed E-state index contributed by atoms with van der Waals surface area (Å²) < 4.78 is 26.9. The molecule has 3 nitrogen and oxygen atoms in total. The van der Waals surface area contributed by atoms with Crippen LogP contribution in [0, 0.1) is 11.6 Å². The molecule has 19 heavy (non-hydrogen) atoms. The molecule has 0 fully saturated rings. The number of hydrogen-bond donors (Lipinski definition) is 2. The van der Waals surface area contributed by atoms with Gasteiger partial charge in [-0.3, -0.25) is 0 Å². The number of halogens is 3. The molecule has 0 spiro atoms. The zero-order chi connectivity index (χ0) is 14.0. The average Bonchev–Trinajstić information content (AvgIpc) is 2.37. The lowest BCUT2D eigenvalue weighted by Crippen LogP contribution is -2.05. The molecular formula is C13H8BrF2NO2. The molecule has 0 aliphatic rings. The maximum atomic E-state index is 13.5. The van der Waals surface area contributed by atoms with Crippen LogP contribution in [0.15, 0.2) is 40.9 Å². The molecule has 0 amide bonds. The first-order chi connectivity index (χ1) is 9.00. The van der Waals surface area contributed by atoms with Gasteiger partial charge in [-0.1, -0.05) is 12.1 Å². The molecule has 0 saturated heterocycles. The first-order valence-electron chi connectivity index (χ1n) is 5.23. The summed E-state index contributed by atoms with van der Waals surface area (Å²) in [6.45, 7) is 0. The molecule has 0 saturated carbocycles. The number of aromatic carboxylic acids is 1. The van der Waals surface area contributed by atoms with Crippen molar-refractivity contribution in [3.05, 3.63) is 58.1 Å². The lowest BCUT2D eigenvalue weighted by atomic mass is 10.1. The van der Waals surface area contributed by atoms with Crippen molar-refractivity contribution >= 4 is 33.3 Å². The number of carboxylic acids is 1. The van der Waals surface area contributed by atoms with Crippen molar-refractivity contribution in [1.29, 1.82) is 0 Å². The maximum Gasteiger partial charge on any atom is 0.337 e. The third-order valence-corrected chi connectivity index (χ3v) is 3.23. The highest BCUT2D eigenvalue weighted by atomic mass is 79.9. The lowest BCUT2D eigenvalue weighted by molar-refractivity contribution is 0.0698. The molecule has 0 aliphatic carbocycles. The Hall–Kier alpha value is -1.95. The third-order valence-electron chi connectivity index (χ3n) is 2.46. The number of carboxylic acid groups (broad SMARTS) is 1. The highest BCUT2D eigenvalue weighted by molar-refractivity contribution is 9.10. The van der Waals surface area contributed by atoms with Gasteiger partial charge in [-0.15, -0.1) is 0 Å². The zero-order valence-corrected chi connectivity index (χ0v) is 11.0. The van der Waals surface area contributed by atoms with E-state index in [9.17, 15) is 13.6 Å². The van der Waals surface area contributed by atoms with E-state index in [0.29, 0.717) is 0 Å². The molecule has 2 aromatic rings. The summed E-state index contributed by atoms with van der Waals surface area (Å²) in [5.74, 6) is -2.43. The van der Waals surface area contributed by atoms with Gasteiger partial charge >= 0.3 is 5.97 Å². The van der Waals surface area contributed by atoms with Crippen LogP contribution in [0.1, 0.15) is 10.4 Å². The monoisotopic (exact) mass is 327 g/mol. The van der Waals surface area contributed by atoms with E-state index in [0.717, 1.165) is 12.1 Å². The average molecular weight is 328 g/mol. The Bertz CT molecular complexity index is 647. The fourth-order valence-corrected chi connectivity index (χ4v) is 1.99. The summed E-state index contributed by atoms with van der Waals surface area (Å²) in [5, 5.41) is 11.6. The van der Waals surface area contributed by atoms with E-state index in [1.54, 1.807) is 6.07 Å². The molecule has 2 N–H and O–H groups in total. The van der Waals surface area contributed by atoms with Crippen molar-refractivity contribution in [3.8, 4) is 0 Å². The van der Waals surface area contributed by atoms with Crippen LogP contribution in [0.4, 0.5) is 20.2 Å². The summed E-state index contributed by atoms with van der Waals surface area (Å²) in [6, 6.07) is 7.87. The first-order valence-corrected chi connectivity index (χ1v) is 6.03. The number of carbonyl (C=O) groups is 1. The second-order valence-corrected chi connectivity index (χ2v) is 4.49. The van der Waals surface area contributed by atoms with Crippen molar-refractivity contribution in [2.24, 2.45) is 0 Å². The molecule has 0 heterocycles. The van der Waals surface area contributed by atoms with E-state index in [1.807, 2.05) is 0 Å². The molecule has 0 atom stereocenters. The molecule has 0 unspecified atom stereocenters. The maximum absolute atomic E-state index is 13.5. The SMILES string of the molecule is O=C(O)c1ccc(F)c(Br)c1Nc1ccccc1F. The minimum atomic E-state index is -1.24. The van der Waals surface area contributed by atoms with Gasteiger partial charge in [0.15, 0.2) is 0 Å². The standard InChI is InChI=1S/C13H8BrF2NO2/c14-11-9(16)6-5-7(13(18)19)12(11)17-10-4-2-1-3-8(10)15/h1-6,17H,(H,18,19). The van der Waals surface area contributed by atoms with Gasteiger partial charge in [-0.2, -0.15) is 0 Å². The Morgan fingerprint density at radius 2 is 1.79 bits per heavy atom. The van der Waals surface area contributed by atoms with Crippen LogP contribution in [-0.2, 0) is 0 Å². The Morgan fingerprint density at radius 1 is 1.11 bits per heavy atom. The van der Waals surface area contributed by atoms with E-state index in [-0.39, 0.29) is 21.4 Å². The summed E-state index contributed by atoms with van der Waals surface area (Å²) in [6.07, 6.45) is 0. The Kier molecular flexibility index (Phi) is 3.80. The Balaban J connectivity index is 2.53. The van der Waals surface area contributed by atoms with Crippen molar-refractivity contribution in [2.45, 2.75) is 0 Å². The van der Waals surface area contributed by atoms with Crippen LogP contribution in [0.3, 0.4) is 0 Å². The van der Waals surface area contributed by atoms with Crippen molar-refractivity contribution in [1.82, 2.24) is 0 Å². The Labute approximate surface area is 116 Å². The van der Waals surface area contributed by atoms with Gasteiger partial charge in [0.05, 0.1) is 21.4 Å². The molecular weight excluding hydrogens is 320 g/mol. The minimum Gasteiger partial charge on any atom is -0.478 e. The van der Waals surface area contributed by atoms with Crippen LogP contribution >= 0.6 is 15.9 Å². The van der Waals surface area contributed by atoms with Gasteiger partial charge < -0.3 is 10.4 Å². The molecule has 2 rings (SSSR count). The summed E-state index contributed by atoms with van der Waals surface area (Å²) in [7, 11) is 0. The molecule has 6 heteroatoms. The molecule has 0 bridgehead atoms. The van der Waals surface area contributed by atoms with Crippen LogP contribution in [0.5, 0.6) is 0 Å². The molecule has 0 radical (unpaired) electrons. The third kappa shape index (κ3) is 2.73. The zero-order valence-electron chi connectivity index (χ0n) is 9.45. The van der Waals surface area contributed by atoms with Crippen molar-refractivity contribution in [2.75, 3.05) is 5.32 Å². The second-order valence-electron chi connectivity index (χ2n) is 3.69. The fraction of sp³-hybridized carbons (Fsp3) is 0. The lowest BCUT2D eigenvalue weighted by Gasteiger charge is -2.12. The number of anilines is 2.